The molecular weight excluding hydrogens is 271 g/mol. The number of halogens is 2. The molecule has 0 aliphatic carbocycles. The molecule has 0 saturated heterocycles. The molecule has 0 aliphatic heterocycles. The second kappa shape index (κ2) is 5.24. The Morgan fingerprint density at radius 1 is 1.32 bits per heavy atom. The highest BCUT2D eigenvalue weighted by atomic mass is 35.5. The fraction of sp³-hybridized carbons (Fsp3) is 0.0769. The van der Waals surface area contributed by atoms with E-state index in [4.69, 9.17) is 11.6 Å². The Kier molecular flexibility index (Phi) is 3.66. The third kappa shape index (κ3) is 3.00. The number of carbonyl (C=O) groups is 1. The largest absolute Gasteiger partial charge is 0.319 e. The first kappa shape index (κ1) is 13.3. The molecule has 0 aliphatic rings. The summed E-state index contributed by atoms with van der Waals surface area (Å²) in [7, 11) is 1.57. The summed E-state index contributed by atoms with van der Waals surface area (Å²) in [4.78, 5) is 23.3. The zero-order valence-corrected chi connectivity index (χ0v) is 10.7. The Labute approximate surface area is 113 Å². The molecule has 0 radical (unpaired) electrons. The van der Waals surface area contributed by atoms with Crippen molar-refractivity contribution >= 4 is 23.2 Å². The van der Waals surface area contributed by atoms with E-state index < -0.39 is 11.7 Å². The zero-order chi connectivity index (χ0) is 14.0. The van der Waals surface area contributed by atoms with Gasteiger partial charge in [-0.1, -0.05) is 11.6 Å². The third-order valence-corrected chi connectivity index (χ3v) is 2.78. The molecule has 2 aromatic rings. The van der Waals surface area contributed by atoms with Gasteiger partial charge < -0.3 is 9.88 Å². The van der Waals surface area contributed by atoms with Gasteiger partial charge in [0, 0.05) is 29.9 Å². The number of hydrogen-bond acceptors (Lipinski definition) is 2. The number of benzene rings is 1. The van der Waals surface area contributed by atoms with Gasteiger partial charge in [0.15, 0.2) is 0 Å². The van der Waals surface area contributed by atoms with Gasteiger partial charge in [0.1, 0.15) is 5.82 Å². The maximum atomic E-state index is 13.5. The molecule has 0 bridgehead atoms. The summed E-state index contributed by atoms with van der Waals surface area (Å²) >= 11 is 5.61. The quantitative estimate of drug-likeness (QED) is 0.918. The first-order valence-electron chi connectivity index (χ1n) is 5.40. The molecule has 1 N–H and O–H groups in total. The number of nitrogens with zero attached hydrogens (tertiary/aromatic N) is 1. The standard InChI is InChI=1S/C13H10ClFN2O2/c1-17-5-4-8(6-12(17)18)13(19)16-11-3-2-9(14)7-10(11)15/h2-7H,1H3,(H,16,19). The summed E-state index contributed by atoms with van der Waals surface area (Å²) < 4.78 is 14.8. The first-order chi connectivity index (χ1) is 8.97. The van der Waals surface area contributed by atoms with E-state index in [1.807, 2.05) is 0 Å². The molecule has 1 heterocycles. The van der Waals surface area contributed by atoms with Crippen LogP contribution >= 0.6 is 11.6 Å². The van der Waals surface area contributed by atoms with E-state index in [-0.39, 0.29) is 21.8 Å². The summed E-state index contributed by atoms with van der Waals surface area (Å²) in [6.07, 6.45) is 1.47. The summed E-state index contributed by atoms with van der Waals surface area (Å²) in [5.74, 6) is -1.19. The molecular formula is C13H10ClFN2O2. The van der Waals surface area contributed by atoms with Crippen molar-refractivity contribution in [3.05, 3.63) is 63.3 Å². The van der Waals surface area contributed by atoms with Crippen LogP contribution in [-0.4, -0.2) is 10.5 Å². The lowest BCUT2D eigenvalue weighted by Crippen LogP contribution is -2.20. The SMILES string of the molecule is Cn1ccc(C(=O)Nc2ccc(Cl)cc2F)cc1=O. The van der Waals surface area contributed by atoms with Crippen LogP contribution in [0.25, 0.3) is 0 Å². The van der Waals surface area contributed by atoms with Gasteiger partial charge in [0.25, 0.3) is 11.5 Å². The Morgan fingerprint density at radius 2 is 2.05 bits per heavy atom. The molecule has 1 amide bonds. The average Bonchev–Trinajstić information content (AvgIpc) is 2.36. The van der Waals surface area contributed by atoms with Crippen LogP contribution in [0.2, 0.25) is 5.02 Å². The van der Waals surface area contributed by atoms with E-state index >= 15 is 0 Å². The van der Waals surface area contributed by atoms with Gasteiger partial charge in [-0.05, 0) is 24.3 Å². The van der Waals surface area contributed by atoms with Crippen LogP contribution in [0.5, 0.6) is 0 Å². The van der Waals surface area contributed by atoms with Gasteiger partial charge in [-0.15, -0.1) is 0 Å². The Morgan fingerprint density at radius 3 is 2.68 bits per heavy atom. The van der Waals surface area contributed by atoms with E-state index in [1.165, 1.54) is 35.0 Å². The van der Waals surface area contributed by atoms with Gasteiger partial charge in [-0.2, -0.15) is 0 Å². The summed E-state index contributed by atoms with van der Waals surface area (Å²) in [5, 5.41) is 2.62. The van der Waals surface area contributed by atoms with Gasteiger partial charge >= 0.3 is 0 Å². The lowest BCUT2D eigenvalue weighted by Gasteiger charge is -2.07. The second-order valence-corrected chi connectivity index (χ2v) is 4.38. The minimum absolute atomic E-state index is 0.00933. The summed E-state index contributed by atoms with van der Waals surface area (Å²) in [6.45, 7) is 0. The van der Waals surface area contributed by atoms with Crippen LogP contribution in [0.3, 0.4) is 0 Å². The van der Waals surface area contributed by atoms with Crippen molar-refractivity contribution in [3.63, 3.8) is 0 Å². The number of pyridine rings is 1. The number of hydrogen-bond donors (Lipinski definition) is 1. The fourth-order valence-electron chi connectivity index (χ4n) is 1.48. The highest BCUT2D eigenvalue weighted by Gasteiger charge is 2.10. The van der Waals surface area contributed by atoms with Crippen LogP contribution < -0.4 is 10.9 Å². The van der Waals surface area contributed by atoms with Crippen molar-refractivity contribution < 1.29 is 9.18 Å². The zero-order valence-electron chi connectivity index (χ0n) is 9.98. The van der Waals surface area contributed by atoms with Crippen LogP contribution in [-0.2, 0) is 7.05 Å². The Balaban J connectivity index is 2.25. The summed E-state index contributed by atoms with van der Waals surface area (Å²) in [5.41, 5.74) is -0.142. The van der Waals surface area contributed by atoms with E-state index in [0.29, 0.717) is 0 Å². The smallest absolute Gasteiger partial charge is 0.255 e. The number of nitrogens with one attached hydrogen (secondary N) is 1. The normalized spacial score (nSPS) is 10.3. The van der Waals surface area contributed by atoms with Crippen LogP contribution in [0, 0.1) is 5.82 Å². The van der Waals surface area contributed by atoms with Crippen molar-refractivity contribution in [2.45, 2.75) is 0 Å². The molecule has 19 heavy (non-hydrogen) atoms. The predicted molar refractivity (Wildman–Crippen MR) is 71.0 cm³/mol. The molecule has 1 aromatic carbocycles. The van der Waals surface area contributed by atoms with Crippen LogP contribution in [0.15, 0.2) is 41.3 Å². The van der Waals surface area contributed by atoms with Gasteiger partial charge in [0.05, 0.1) is 5.69 Å². The lowest BCUT2D eigenvalue weighted by atomic mass is 10.2. The second-order valence-electron chi connectivity index (χ2n) is 3.94. The van der Waals surface area contributed by atoms with E-state index in [9.17, 15) is 14.0 Å². The minimum Gasteiger partial charge on any atom is -0.319 e. The van der Waals surface area contributed by atoms with Gasteiger partial charge in [0.2, 0.25) is 0 Å². The molecule has 2 rings (SSSR count). The molecule has 4 nitrogen and oxygen atoms in total. The highest BCUT2D eigenvalue weighted by molar-refractivity contribution is 6.30. The minimum atomic E-state index is -0.635. The van der Waals surface area contributed by atoms with E-state index in [0.717, 1.165) is 6.07 Å². The van der Waals surface area contributed by atoms with E-state index in [2.05, 4.69) is 5.32 Å². The van der Waals surface area contributed by atoms with Crippen molar-refractivity contribution in [1.82, 2.24) is 4.57 Å². The van der Waals surface area contributed by atoms with Gasteiger partial charge in [-0.3, -0.25) is 9.59 Å². The third-order valence-electron chi connectivity index (χ3n) is 2.55. The number of amides is 1. The molecule has 98 valence electrons. The van der Waals surface area contributed by atoms with Crippen molar-refractivity contribution in [3.8, 4) is 0 Å². The van der Waals surface area contributed by atoms with Gasteiger partial charge in [-0.25, -0.2) is 4.39 Å². The Hall–Kier alpha value is -2.14. The molecule has 0 saturated carbocycles. The highest BCUT2D eigenvalue weighted by Crippen LogP contribution is 2.19. The molecule has 0 spiro atoms. The van der Waals surface area contributed by atoms with Crippen molar-refractivity contribution in [2.24, 2.45) is 7.05 Å². The molecule has 0 unspecified atom stereocenters. The number of carbonyl (C=O) groups excluding carboxylic acids is 1. The van der Waals surface area contributed by atoms with Crippen molar-refractivity contribution in [1.29, 1.82) is 0 Å². The number of rotatable bonds is 2. The molecule has 1 aromatic heterocycles. The molecule has 6 heteroatoms. The van der Waals surface area contributed by atoms with Crippen LogP contribution in [0.1, 0.15) is 10.4 Å². The monoisotopic (exact) mass is 280 g/mol. The first-order valence-corrected chi connectivity index (χ1v) is 5.78. The fourth-order valence-corrected chi connectivity index (χ4v) is 1.63. The maximum absolute atomic E-state index is 13.5. The van der Waals surface area contributed by atoms with Crippen LogP contribution in [0.4, 0.5) is 10.1 Å². The number of aromatic nitrogens is 1. The van der Waals surface area contributed by atoms with Crippen molar-refractivity contribution in [2.75, 3.05) is 5.32 Å². The number of aryl methyl sites for hydroxylation is 1. The summed E-state index contributed by atoms with van der Waals surface area (Å²) in [6, 6.07) is 6.58. The molecule has 0 atom stereocenters. The average molecular weight is 281 g/mol. The van der Waals surface area contributed by atoms with E-state index in [1.54, 1.807) is 7.05 Å². The molecule has 0 fully saturated rings. The predicted octanol–water partition coefficient (Wildman–Crippen LogP) is 2.43. The number of anilines is 1. The maximum Gasteiger partial charge on any atom is 0.255 e. The lowest BCUT2D eigenvalue weighted by molar-refractivity contribution is 0.102. The Bertz CT molecular complexity index is 697. The topological polar surface area (TPSA) is 51.1 Å².